The van der Waals surface area contributed by atoms with Crippen LogP contribution >= 0.6 is 0 Å². The van der Waals surface area contributed by atoms with Crippen LogP contribution in [0.2, 0.25) is 0 Å². The van der Waals surface area contributed by atoms with Crippen molar-refractivity contribution in [2.24, 2.45) is 0 Å². The Labute approximate surface area is 181 Å². The first-order chi connectivity index (χ1) is 15.2. The number of ether oxygens (including phenoxy) is 2. The Kier molecular flexibility index (Phi) is 5.16. The largest absolute Gasteiger partial charge is 0.497 e. The second-order valence-corrected chi connectivity index (χ2v) is 8.12. The molecule has 0 saturated carbocycles. The van der Waals surface area contributed by atoms with Crippen molar-refractivity contribution < 1.29 is 14.3 Å². The Morgan fingerprint density at radius 3 is 2.94 bits per heavy atom. The van der Waals surface area contributed by atoms with E-state index in [1.54, 1.807) is 14.2 Å². The highest BCUT2D eigenvalue weighted by atomic mass is 16.5. The second-order valence-electron chi connectivity index (χ2n) is 8.12. The number of fused-ring (bicyclic) bond motifs is 4. The van der Waals surface area contributed by atoms with Crippen molar-refractivity contribution in [1.29, 1.82) is 0 Å². The summed E-state index contributed by atoms with van der Waals surface area (Å²) < 4.78 is 12.7. The summed E-state index contributed by atoms with van der Waals surface area (Å²) in [4.78, 5) is 16.6. The van der Waals surface area contributed by atoms with Crippen LogP contribution in [0, 0.1) is 0 Å². The summed E-state index contributed by atoms with van der Waals surface area (Å²) >= 11 is 0. The highest BCUT2D eigenvalue weighted by Gasteiger charge is 2.26. The normalized spacial score (nSPS) is 15.9. The number of amides is 1. The number of hydrogen-bond acceptors (Lipinski definition) is 3. The zero-order valence-corrected chi connectivity index (χ0v) is 17.9. The van der Waals surface area contributed by atoms with Gasteiger partial charge in [-0.3, -0.25) is 4.79 Å². The summed E-state index contributed by atoms with van der Waals surface area (Å²) in [5, 5.41) is 5.51. The molecule has 5 rings (SSSR count). The molecular weight excluding hydrogens is 390 g/mol. The predicted molar refractivity (Wildman–Crippen MR) is 122 cm³/mol. The van der Waals surface area contributed by atoms with Gasteiger partial charge in [0.25, 0.3) is 5.91 Å². The van der Waals surface area contributed by atoms with Crippen LogP contribution in [-0.2, 0) is 17.7 Å². The number of aryl methyl sites for hydroxylation is 1. The first kappa shape index (κ1) is 19.7. The maximum Gasteiger partial charge on any atom is 0.251 e. The molecule has 2 heterocycles. The smallest absolute Gasteiger partial charge is 0.251 e. The van der Waals surface area contributed by atoms with E-state index < -0.39 is 0 Å². The molecular formula is C25H27N3O3. The Bertz CT molecular complexity index is 1250. The van der Waals surface area contributed by atoms with Crippen LogP contribution in [0.3, 0.4) is 0 Å². The fraction of sp³-hybridized carbons (Fsp3) is 0.320. The molecule has 6 heteroatoms. The van der Waals surface area contributed by atoms with Gasteiger partial charge in [0.1, 0.15) is 5.75 Å². The van der Waals surface area contributed by atoms with E-state index in [1.165, 1.54) is 10.9 Å². The lowest BCUT2D eigenvalue weighted by Crippen LogP contribution is -2.31. The zero-order chi connectivity index (χ0) is 21.4. The third kappa shape index (κ3) is 3.57. The summed E-state index contributed by atoms with van der Waals surface area (Å²) in [6.07, 6.45) is 5.02. The fourth-order valence-electron chi connectivity index (χ4n) is 4.68. The summed E-state index contributed by atoms with van der Waals surface area (Å²) in [5.41, 5.74) is 5.29. The zero-order valence-electron chi connectivity index (χ0n) is 17.9. The molecule has 0 radical (unpaired) electrons. The summed E-state index contributed by atoms with van der Waals surface area (Å²) in [6, 6.07) is 14.0. The van der Waals surface area contributed by atoms with Crippen LogP contribution in [-0.4, -0.2) is 36.3 Å². The van der Waals surface area contributed by atoms with Crippen LogP contribution in [0.15, 0.2) is 48.7 Å². The highest BCUT2D eigenvalue weighted by molar-refractivity contribution is 5.98. The molecule has 0 fully saturated rings. The van der Waals surface area contributed by atoms with Crippen molar-refractivity contribution in [1.82, 2.24) is 14.9 Å². The summed E-state index contributed by atoms with van der Waals surface area (Å²) in [6.45, 7) is 1.45. The van der Waals surface area contributed by atoms with E-state index in [-0.39, 0.29) is 11.9 Å². The molecule has 4 aromatic rings. The van der Waals surface area contributed by atoms with E-state index in [4.69, 9.17) is 9.47 Å². The maximum atomic E-state index is 13.1. The monoisotopic (exact) mass is 417 g/mol. The van der Waals surface area contributed by atoms with E-state index in [2.05, 4.69) is 20.9 Å². The highest BCUT2D eigenvalue weighted by Crippen LogP contribution is 2.36. The van der Waals surface area contributed by atoms with Crippen molar-refractivity contribution >= 4 is 27.7 Å². The Morgan fingerprint density at radius 1 is 1.19 bits per heavy atom. The molecule has 2 aromatic carbocycles. The number of carbonyl (C=O) groups excluding carboxylic acids is 1. The average molecular weight is 418 g/mol. The predicted octanol–water partition coefficient (Wildman–Crippen LogP) is 4.59. The molecule has 0 saturated heterocycles. The van der Waals surface area contributed by atoms with Crippen molar-refractivity contribution in [3.05, 3.63) is 65.5 Å². The number of aromatic nitrogens is 2. The number of aromatic amines is 1. The Morgan fingerprint density at radius 2 is 2.10 bits per heavy atom. The summed E-state index contributed by atoms with van der Waals surface area (Å²) in [7, 11) is 3.39. The quantitative estimate of drug-likeness (QED) is 0.482. The average Bonchev–Trinajstić information content (AvgIpc) is 3.38. The lowest BCUT2D eigenvalue weighted by molar-refractivity contribution is 0.0932. The van der Waals surface area contributed by atoms with Gasteiger partial charge in [-0.15, -0.1) is 0 Å². The molecule has 0 bridgehead atoms. The number of carbonyl (C=O) groups is 1. The fourth-order valence-corrected chi connectivity index (χ4v) is 4.68. The topological polar surface area (TPSA) is 68.3 Å². The van der Waals surface area contributed by atoms with E-state index in [9.17, 15) is 4.79 Å². The standard InChI is InChI=1S/C25H27N3O3/c1-30-13-12-28-11-10-16-14-17(6-9-23(16)28)25(29)27-22-5-3-4-19-20-15-18(31-2)7-8-21(20)26-24(19)22/h6-11,14-15,22,26H,3-5,12-13H2,1-2H3,(H,27,29)/t22-/m1/s1. The number of H-pyrrole nitrogens is 1. The molecule has 1 aliphatic rings. The molecule has 1 aliphatic carbocycles. The molecule has 1 amide bonds. The Hall–Kier alpha value is -3.25. The molecule has 31 heavy (non-hydrogen) atoms. The maximum absolute atomic E-state index is 13.1. The van der Waals surface area contributed by atoms with Crippen molar-refractivity contribution in [2.45, 2.75) is 31.8 Å². The minimum atomic E-state index is -0.0411. The number of benzene rings is 2. The second kappa shape index (κ2) is 8.12. The lowest BCUT2D eigenvalue weighted by atomic mass is 9.91. The Balaban J connectivity index is 1.40. The molecule has 1 atom stereocenters. The first-order valence-corrected chi connectivity index (χ1v) is 10.7. The SMILES string of the molecule is COCCn1ccc2cc(C(=O)N[C@@H]3CCCc4c3[nH]c3ccc(OC)cc43)ccc21. The van der Waals surface area contributed by atoms with Crippen molar-refractivity contribution in [3.63, 3.8) is 0 Å². The third-order valence-corrected chi connectivity index (χ3v) is 6.29. The molecule has 0 aliphatic heterocycles. The minimum absolute atomic E-state index is 0.0170. The van der Waals surface area contributed by atoms with E-state index in [0.717, 1.165) is 53.7 Å². The number of nitrogens with one attached hydrogen (secondary N) is 2. The van der Waals surface area contributed by atoms with Crippen molar-refractivity contribution in [2.75, 3.05) is 20.8 Å². The number of rotatable bonds is 6. The lowest BCUT2D eigenvalue weighted by Gasteiger charge is -2.24. The molecule has 2 N–H and O–H groups in total. The number of hydrogen-bond donors (Lipinski definition) is 2. The summed E-state index contributed by atoms with van der Waals surface area (Å²) in [5.74, 6) is 0.812. The van der Waals surface area contributed by atoms with E-state index in [1.807, 2.05) is 42.6 Å². The van der Waals surface area contributed by atoms with Crippen molar-refractivity contribution in [3.8, 4) is 5.75 Å². The molecule has 0 spiro atoms. The van der Waals surface area contributed by atoms with E-state index >= 15 is 0 Å². The number of nitrogens with zero attached hydrogens (tertiary/aromatic N) is 1. The molecule has 2 aromatic heterocycles. The first-order valence-electron chi connectivity index (χ1n) is 10.7. The number of methoxy groups -OCH3 is 2. The third-order valence-electron chi connectivity index (χ3n) is 6.29. The van der Waals surface area contributed by atoms with E-state index in [0.29, 0.717) is 12.2 Å². The van der Waals surface area contributed by atoms with Gasteiger partial charge in [-0.1, -0.05) is 0 Å². The van der Waals surface area contributed by atoms with Gasteiger partial charge < -0.3 is 24.3 Å². The van der Waals surface area contributed by atoms with Gasteiger partial charge in [-0.2, -0.15) is 0 Å². The van der Waals surface area contributed by atoms with Crippen LogP contribution in [0.5, 0.6) is 5.75 Å². The van der Waals surface area contributed by atoms with Crippen LogP contribution in [0.25, 0.3) is 21.8 Å². The van der Waals surface area contributed by atoms with Gasteiger partial charge >= 0.3 is 0 Å². The van der Waals surface area contributed by atoms with Gasteiger partial charge in [-0.05, 0) is 67.3 Å². The van der Waals surface area contributed by atoms with Gasteiger partial charge in [0.05, 0.1) is 19.8 Å². The minimum Gasteiger partial charge on any atom is -0.497 e. The molecule has 0 unspecified atom stereocenters. The van der Waals surface area contributed by atoms with Gasteiger partial charge in [0, 0.05) is 52.9 Å². The van der Waals surface area contributed by atoms with Crippen LogP contribution < -0.4 is 10.1 Å². The molecule has 160 valence electrons. The molecule has 6 nitrogen and oxygen atoms in total. The van der Waals surface area contributed by atoms with Gasteiger partial charge in [-0.25, -0.2) is 0 Å². The van der Waals surface area contributed by atoms with Gasteiger partial charge in [0.15, 0.2) is 0 Å². The van der Waals surface area contributed by atoms with Crippen LogP contribution in [0.1, 0.15) is 40.5 Å². The van der Waals surface area contributed by atoms with Crippen LogP contribution in [0.4, 0.5) is 0 Å². The van der Waals surface area contributed by atoms with Gasteiger partial charge in [0.2, 0.25) is 0 Å².